The first-order chi connectivity index (χ1) is 11.9. The molecule has 1 aliphatic rings. The van der Waals surface area contributed by atoms with Crippen molar-refractivity contribution in [2.24, 2.45) is 0 Å². The number of nitrogens with one attached hydrogen (secondary N) is 1. The standard InChI is InChI=1S/C15H18F4N2O4/c16-14(17)15(18,19)9-24-8-12(22)21-10-4-6-23-7-11(10)25-13-3-1-2-5-20-13/h1-3,5,10-11,14H,4,6-9H2,(H,21,22)/t10-,11-/m1/s1. The van der Waals surface area contributed by atoms with Crippen LogP contribution in [0.5, 0.6) is 5.88 Å². The van der Waals surface area contributed by atoms with E-state index in [1.54, 1.807) is 24.4 Å². The van der Waals surface area contributed by atoms with E-state index in [2.05, 4.69) is 15.0 Å². The van der Waals surface area contributed by atoms with Crippen LogP contribution < -0.4 is 10.1 Å². The fourth-order valence-corrected chi connectivity index (χ4v) is 2.16. The summed E-state index contributed by atoms with van der Waals surface area (Å²) in [5, 5.41) is 2.58. The number of aromatic nitrogens is 1. The van der Waals surface area contributed by atoms with E-state index in [0.717, 1.165) is 0 Å². The summed E-state index contributed by atoms with van der Waals surface area (Å²) in [5.41, 5.74) is 0. The van der Waals surface area contributed by atoms with Crippen LogP contribution >= 0.6 is 0 Å². The Morgan fingerprint density at radius 1 is 1.44 bits per heavy atom. The Balaban J connectivity index is 1.81. The molecule has 0 unspecified atom stereocenters. The van der Waals surface area contributed by atoms with E-state index in [-0.39, 0.29) is 6.61 Å². The maximum atomic E-state index is 12.7. The first-order valence-corrected chi connectivity index (χ1v) is 7.57. The molecular weight excluding hydrogens is 348 g/mol. The Bertz CT molecular complexity index is 548. The number of hydrogen-bond donors (Lipinski definition) is 1. The number of carbonyl (C=O) groups is 1. The highest BCUT2D eigenvalue weighted by Crippen LogP contribution is 2.22. The molecule has 0 bridgehead atoms. The Kier molecular flexibility index (Phi) is 6.94. The number of halogens is 4. The van der Waals surface area contributed by atoms with E-state index in [1.807, 2.05) is 0 Å². The molecule has 6 nitrogen and oxygen atoms in total. The SMILES string of the molecule is O=C(COCC(F)(F)C(F)F)N[C@@H]1CCOC[C@H]1Oc1ccccn1. The summed E-state index contributed by atoms with van der Waals surface area (Å²) < 4.78 is 64.8. The lowest BCUT2D eigenvalue weighted by Gasteiger charge is -2.32. The summed E-state index contributed by atoms with van der Waals surface area (Å²) >= 11 is 0. The molecule has 25 heavy (non-hydrogen) atoms. The number of hydrogen-bond acceptors (Lipinski definition) is 5. The molecule has 2 heterocycles. The molecule has 0 saturated carbocycles. The normalized spacial score (nSPS) is 21.2. The zero-order chi connectivity index (χ0) is 18.3. The number of pyridine rings is 1. The van der Waals surface area contributed by atoms with Crippen LogP contribution in [0.2, 0.25) is 0 Å². The average Bonchev–Trinajstić information content (AvgIpc) is 2.57. The van der Waals surface area contributed by atoms with Gasteiger partial charge in [-0.15, -0.1) is 0 Å². The molecule has 2 atom stereocenters. The van der Waals surface area contributed by atoms with Crippen LogP contribution in [-0.4, -0.2) is 61.8 Å². The summed E-state index contributed by atoms with van der Waals surface area (Å²) in [6, 6.07) is 4.65. The van der Waals surface area contributed by atoms with Crippen molar-refractivity contribution < 1.29 is 36.6 Å². The van der Waals surface area contributed by atoms with Crippen molar-refractivity contribution in [3.63, 3.8) is 0 Å². The summed E-state index contributed by atoms with van der Waals surface area (Å²) in [5.74, 6) is -4.64. The third-order valence-electron chi connectivity index (χ3n) is 3.41. The molecule has 140 valence electrons. The van der Waals surface area contributed by atoms with Gasteiger partial charge in [-0.05, 0) is 12.5 Å². The van der Waals surface area contributed by atoms with Crippen LogP contribution in [0.15, 0.2) is 24.4 Å². The van der Waals surface area contributed by atoms with Crippen LogP contribution in [0.4, 0.5) is 17.6 Å². The predicted molar refractivity (Wildman–Crippen MR) is 77.8 cm³/mol. The van der Waals surface area contributed by atoms with Gasteiger partial charge in [0.2, 0.25) is 11.8 Å². The van der Waals surface area contributed by atoms with E-state index in [4.69, 9.17) is 9.47 Å². The summed E-state index contributed by atoms with van der Waals surface area (Å²) in [6.07, 6.45) is -2.38. The fourth-order valence-electron chi connectivity index (χ4n) is 2.16. The van der Waals surface area contributed by atoms with Gasteiger partial charge in [-0.1, -0.05) is 6.07 Å². The maximum Gasteiger partial charge on any atom is 0.330 e. The van der Waals surface area contributed by atoms with Crippen molar-refractivity contribution >= 4 is 5.91 Å². The Hall–Kier alpha value is -1.94. The molecule has 1 amide bonds. The second-order valence-corrected chi connectivity index (χ2v) is 5.42. The molecule has 1 saturated heterocycles. The summed E-state index contributed by atoms with van der Waals surface area (Å²) in [7, 11) is 0. The second-order valence-electron chi connectivity index (χ2n) is 5.42. The van der Waals surface area contributed by atoms with Crippen molar-refractivity contribution in [1.29, 1.82) is 0 Å². The Labute approximate surface area is 141 Å². The van der Waals surface area contributed by atoms with Crippen molar-refractivity contribution in [2.75, 3.05) is 26.4 Å². The first kappa shape index (κ1) is 19.4. The van der Waals surface area contributed by atoms with E-state index >= 15 is 0 Å². The van der Waals surface area contributed by atoms with Crippen molar-refractivity contribution in [1.82, 2.24) is 10.3 Å². The van der Waals surface area contributed by atoms with Crippen LogP contribution in [0.25, 0.3) is 0 Å². The van der Waals surface area contributed by atoms with Crippen LogP contribution in [-0.2, 0) is 14.3 Å². The lowest BCUT2D eigenvalue weighted by Crippen LogP contribution is -2.52. The quantitative estimate of drug-likeness (QED) is 0.709. The number of ether oxygens (including phenoxy) is 3. The van der Waals surface area contributed by atoms with Gasteiger partial charge in [-0.3, -0.25) is 4.79 Å². The third-order valence-corrected chi connectivity index (χ3v) is 3.41. The number of alkyl halides is 4. The molecule has 1 aromatic heterocycles. The highest BCUT2D eigenvalue weighted by Gasteiger charge is 2.41. The number of amides is 1. The average molecular weight is 366 g/mol. The highest BCUT2D eigenvalue weighted by molar-refractivity contribution is 5.77. The van der Waals surface area contributed by atoms with Crippen LogP contribution in [0.1, 0.15) is 6.42 Å². The van der Waals surface area contributed by atoms with Gasteiger partial charge >= 0.3 is 12.3 Å². The van der Waals surface area contributed by atoms with Crippen molar-refractivity contribution in [3.05, 3.63) is 24.4 Å². The largest absolute Gasteiger partial charge is 0.470 e. The van der Waals surface area contributed by atoms with Crippen LogP contribution in [0.3, 0.4) is 0 Å². The molecule has 1 N–H and O–H groups in total. The zero-order valence-corrected chi connectivity index (χ0v) is 13.2. The van der Waals surface area contributed by atoms with E-state index in [0.29, 0.717) is 18.9 Å². The van der Waals surface area contributed by atoms with Gasteiger partial charge in [0.25, 0.3) is 0 Å². The maximum absolute atomic E-state index is 12.7. The Morgan fingerprint density at radius 2 is 2.24 bits per heavy atom. The van der Waals surface area contributed by atoms with Gasteiger partial charge in [0, 0.05) is 18.9 Å². The zero-order valence-electron chi connectivity index (χ0n) is 13.2. The molecule has 1 fully saturated rings. The van der Waals surface area contributed by atoms with Crippen molar-refractivity contribution in [2.45, 2.75) is 30.9 Å². The molecule has 0 radical (unpaired) electrons. The molecule has 1 aliphatic heterocycles. The third kappa shape index (κ3) is 6.13. The number of rotatable bonds is 8. The van der Waals surface area contributed by atoms with Gasteiger partial charge in [0.05, 0.1) is 12.6 Å². The topological polar surface area (TPSA) is 69.7 Å². The smallest absolute Gasteiger partial charge is 0.330 e. The predicted octanol–water partition coefficient (Wildman–Crippen LogP) is 1.65. The first-order valence-electron chi connectivity index (χ1n) is 7.57. The fraction of sp³-hybridized carbons (Fsp3) is 0.600. The van der Waals surface area contributed by atoms with E-state index in [1.165, 1.54) is 0 Å². The minimum Gasteiger partial charge on any atom is -0.470 e. The molecule has 0 spiro atoms. The van der Waals surface area contributed by atoms with Gasteiger partial charge in [0.15, 0.2) is 0 Å². The van der Waals surface area contributed by atoms with Gasteiger partial charge < -0.3 is 19.5 Å². The van der Waals surface area contributed by atoms with Gasteiger partial charge in [0.1, 0.15) is 19.3 Å². The minimum atomic E-state index is -4.29. The molecule has 10 heteroatoms. The minimum absolute atomic E-state index is 0.214. The number of nitrogens with zero attached hydrogens (tertiary/aromatic N) is 1. The molecule has 0 aliphatic carbocycles. The van der Waals surface area contributed by atoms with Crippen molar-refractivity contribution in [3.8, 4) is 5.88 Å². The van der Waals surface area contributed by atoms with Crippen LogP contribution in [0, 0.1) is 0 Å². The molecular formula is C15H18F4N2O4. The lowest BCUT2D eigenvalue weighted by atomic mass is 10.1. The highest BCUT2D eigenvalue weighted by atomic mass is 19.3. The molecule has 0 aromatic carbocycles. The molecule has 2 rings (SSSR count). The van der Waals surface area contributed by atoms with E-state index < -0.39 is 43.6 Å². The lowest BCUT2D eigenvalue weighted by molar-refractivity contribution is -0.169. The van der Waals surface area contributed by atoms with Gasteiger partial charge in [-0.25, -0.2) is 13.8 Å². The van der Waals surface area contributed by atoms with E-state index in [9.17, 15) is 22.4 Å². The monoisotopic (exact) mass is 366 g/mol. The number of carbonyl (C=O) groups excluding carboxylic acids is 1. The Morgan fingerprint density at radius 3 is 2.92 bits per heavy atom. The molecule has 1 aromatic rings. The van der Waals surface area contributed by atoms with Gasteiger partial charge in [-0.2, -0.15) is 8.78 Å². The second kappa shape index (κ2) is 8.95. The summed E-state index contributed by atoms with van der Waals surface area (Å²) in [6.45, 7) is -1.68. The summed E-state index contributed by atoms with van der Waals surface area (Å²) in [4.78, 5) is 15.8.